The second kappa shape index (κ2) is 7.89. The van der Waals surface area contributed by atoms with Crippen molar-refractivity contribution >= 4 is 17.3 Å². The number of hydrazone groups is 1. The van der Waals surface area contributed by atoms with Gasteiger partial charge in [-0.25, -0.2) is 4.98 Å². The topological polar surface area (TPSA) is 83.6 Å². The normalized spacial score (nSPS) is 15.0. The zero-order valence-electron chi connectivity index (χ0n) is 15.2. The summed E-state index contributed by atoms with van der Waals surface area (Å²) in [6.45, 7) is -0.182. The van der Waals surface area contributed by atoms with Crippen molar-refractivity contribution < 1.29 is 35.5 Å². The summed E-state index contributed by atoms with van der Waals surface area (Å²) in [7, 11) is 0. The molecule has 0 bridgehead atoms. The third kappa shape index (κ3) is 5.10. The van der Waals surface area contributed by atoms with E-state index in [1.54, 1.807) is 0 Å². The van der Waals surface area contributed by atoms with Crippen LogP contribution in [-0.2, 0) is 17.1 Å². The van der Waals surface area contributed by atoms with E-state index in [2.05, 4.69) is 15.4 Å². The van der Waals surface area contributed by atoms with Crippen molar-refractivity contribution in [3.8, 4) is 0 Å². The molecule has 13 heteroatoms. The molecule has 0 spiro atoms. The van der Waals surface area contributed by atoms with Gasteiger partial charge in [0.15, 0.2) is 5.84 Å². The molecule has 2 aromatic rings. The van der Waals surface area contributed by atoms with Crippen molar-refractivity contribution in [1.82, 2.24) is 15.3 Å². The molecule has 0 saturated heterocycles. The third-order valence-electron chi connectivity index (χ3n) is 4.08. The Labute approximate surface area is 169 Å². The number of benzene rings is 1. The maximum Gasteiger partial charge on any atom is 0.416 e. The van der Waals surface area contributed by atoms with Crippen molar-refractivity contribution in [2.45, 2.75) is 12.4 Å². The van der Waals surface area contributed by atoms with E-state index < -0.39 is 40.9 Å². The van der Waals surface area contributed by atoms with E-state index in [9.17, 15) is 35.5 Å². The molecule has 6 nitrogen and oxygen atoms in total. The highest BCUT2D eigenvalue weighted by Crippen LogP contribution is 2.36. The number of rotatable bonds is 4. The Morgan fingerprint density at radius 3 is 2.16 bits per heavy atom. The number of alkyl halides is 6. The number of nitrogens with two attached hydrogens (primary N) is 1. The second-order valence-corrected chi connectivity index (χ2v) is 6.29. The number of aromatic nitrogens is 1. The maximum atomic E-state index is 13.0. The summed E-state index contributed by atoms with van der Waals surface area (Å²) in [6, 6.07) is 3.24. The summed E-state index contributed by atoms with van der Waals surface area (Å²) in [5.74, 6) is -2.02. The largest absolute Gasteiger partial charge is 0.416 e. The minimum Gasteiger partial charge on any atom is -0.366 e. The summed E-state index contributed by atoms with van der Waals surface area (Å²) < 4.78 is 91.2. The van der Waals surface area contributed by atoms with Gasteiger partial charge in [-0.05, 0) is 30.3 Å². The number of nitrogens with zero attached hydrogens (tertiary/aromatic N) is 3. The zero-order valence-corrected chi connectivity index (χ0v) is 15.2. The lowest BCUT2D eigenvalue weighted by atomic mass is 10.0. The molecule has 1 aromatic carbocycles. The van der Waals surface area contributed by atoms with Gasteiger partial charge in [0, 0.05) is 23.5 Å². The predicted octanol–water partition coefficient (Wildman–Crippen LogP) is 3.31. The molecule has 1 aliphatic rings. The first-order valence-electron chi connectivity index (χ1n) is 8.37. The highest BCUT2D eigenvalue weighted by atomic mass is 19.4. The van der Waals surface area contributed by atoms with Crippen LogP contribution in [0.25, 0.3) is 5.57 Å². The molecule has 0 radical (unpaired) electrons. The highest BCUT2D eigenvalue weighted by Gasteiger charge is 2.37. The van der Waals surface area contributed by atoms with Crippen molar-refractivity contribution in [1.29, 1.82) is 0 Å². The Balaban J connectivity index is 1.99. The van der Waals surface area contributed by atoms with E-state index in [-0.39, 0.29) is 29.7 Å². The average Bonchev–Trinajstić information content (AvgIpc) is 3.14. The molecule has 1 aromatic heterocycles. The first-order chi connectivity index (χ1) is 14.3. The Bertz CT molecular complexity index is 1030. The number of hydrogen-bond acceptors (Lipinski definition) is 5. The van der Waals surface area contributed by atoms with Gasteiger partial charge in [0.1, 0.15) is 6.67 Å². The van der Waals surface area contributed by atoms with Gasteiger partial charge in [-0.2, -0.15) is 35.8 Å². The Morgan fingerprint density at radius 2 is 1.68 bits per heavy atom. The van der Waals surface area contributed by atoms with Gasteiger partial charge >= 0.3 is 12.4 Å². The number of amidine groups is 1. The Kier molecular flexibility index (Phi) is 5.61. The number of nitrogens with one attached hydrogen (secondary N) is 1. The van der Waals surface area contributed by atoms with Crippen LogP contribution in [0.5, 0.6) is 0 Å². The summed E-state index contributed by atoms with van der Waals surface area (Å²) in [5, 5.41) is 7.50. The molecule has 1 aliphatic heterocycles. The molecule has 0 aliphatic carbocycles. The number of pyridine rings is 1. The SMILES string of the molecule is NC(=O)/C(=C\N1CNC(c2cc(C(F)(F)F)cc(C(F)(F)F)c2)=N1)c1ccc(F)nc1. The van der Waals surface area contributed by atoms with Crippen LogP contribution in [0.15, 0.2) is 47.8 Å². The first kappa shape index (κ1) is 22.1. The number of carbonyl (C=O) groups is 1. The number of hydrogen-bond donors (Lipinski definition) is 2. The molecule has 31 heavy (non-hydrogen) atoms. The van der Waals surface area contributed by atoms with Crippen LogP contribution in [0.4, 0.5) is 30.7 Å². The van der Waals surface area contributed by atoms with E-state index >= 15 is 0 Å². The van der Waals surface area contributed by atoms with Crippen LogP contribution in [0.3, 0.4) is 0 Å². The minimum absolute atomic E-state index is 0.00338. The molecule has 0 atom stereocenters. The molecule has 1 amide bonds. The van der Waals surface area contributed by atoms with E-state index in [1.807, 2.05) is 0 Å². The molecule has 3 rings (SSSR count). The lowest BCUT2D eigenvalue weighted by Crippen LogP contribution is -2.24. The van der Waals surface area contributed by atoms with Gasteiger partial charge in [-0.1, -0.05) is 0 Å². The van der Waals surface area contributed by atoms with Gasteiger partial charge in [0.25, 0.3) is 5.91 Å². The fourth-order valence-corrected chi connectivity index (χ4v) is 2.65. The lowest BCUT2D eigenvalue weighted by molar-refractivity contribution is -0.143. The van der Waals surface area contributed by atoms with E-state index in [1.165, 1.54) is 6.07 Å². The molecular formula is C18H12F7N5O. The van der Waals surface area contributed by atoms with Crippen molar-refractivity contribution in [2.24, 2.45) is 10.8 Å². The van der Waals surface area contributed by atoms with Crippen LogP contribution in [-0.4, -0.2) is 28.4 Å². The zero-order chi connectivity index (χ0) is 23.0. The third-order valence-corrected chi connectivity index (χ3v) is 4.08. The van der Waals surface area contributed by atoms with E-state index in [0.717, 1.165) is 23.5 Å². The predicted molar refractivity (Wildman–Crippen MR) is 94.2 cm³/mol. The summed E-state index contributed by atoms with van der Waals surface area (Å²) in [4.78, 5) is 15.1. The van der Waals surface area contributed by atoms with Gasteiger partial charge in [-0.3, -0.25) is 9.80 Å². The molecular weight excluding hydrogens is 435 g/mol. The van der Waals surface area contributed by atoms with E-state index in [4.69, 9.17) is 5.73 Å². The van der Waals surface area contributed by atoms with Gasteiger partial charge in [-0.15, -0.1) is 0 Å². The Hall–Kier alpha value is -3.64. The van der Waals surface area contributed by atoms with Crippen LogP contribution >= 0.6 is 0 Å². The summed E-state index contributed by atoms with van der Waals surface area (Å²) in [6.07, 6.45) is -7.88. The van der Waals surface area contributed by atoms with E-state index in [0.29, 0.717) is 12.1 Å². The first-order valence-corrected chi connectivity index (χ1v) is 8.37. The molecule has 0 unspecified atom stereocenters. The molecule has 0 saturated carbocycles. The summed E-state index contributed by atoms with van der Waals surface area (Å²) >= 11 is 0. The van der Waals surface area contributed by atoms with Crippen LogP contribution in [0.1, 0.15) is 22.3 Å². The number of carbonyl (C=O) groups excluding carboxylic acids is 1. The molecule has 164 valence electrons. The van der Waals surface area contributed by atoms with Gasteiger partial charge < -0.3 is 11.1 Å². The van der Waals surface area contributed by atoms with Crippen molar-refractivity contribution in [3.63, 3.8) is 0 Å². The Morgan fingerprint density at radius 1 is 1.06 bits per heavy atom. The van der Waals surface area contributed by atoms with Crippen LogP contribution in [0, 0.1) is 5.95 Å². The van der Waals surface area contributed by atoms with Gasteiger partial charge in [0.2, 0.25) is 5.95 Å². The van der Waals surface area contributed by atoms with Crippen molar-refractivity contribution in [2.75, 3.05) is 6.67 Å². The second-order valence-electron chi connectivity index (χ2n) is 6.29. The fourth-order valence-electron chi connectivity index (χ4n) is 2.65. The highest BCUT2D eigenvalue weighted by molar-refractivity contribution is 6.18. The number of halogens is 7. The summed E-state index contributed by atoms with van der Waals surface area (Å²) in [5.41, 5.74) is 1.83. The quantitative estimate of drug-likeness (QED) is 0.428. The van der Waals surface area contributed by atoms with Crippen LogP contribution < -0.4 is 11.1 Å². The average molecular weight is 447 g/mol. The monoisotopic (exact) mass is 447 g/mol. The molecule has 2 heterocycles. The minimum atomic E-state index is -5.01. The lowest BCUT2D eigenvalue weighted by Gasteiger charge is -2.14. The molecule has 0 fully saturated rings. The van der Waals surface area contributed by atoms with Crippen molar-refractivity contribution in [3.05, 3.63) is 70.9 Å². The maximum absolute atomic E-state index is 13.0. The molecule has 3 N–H and O–H groups in total. The van der Waals surface area contributed by atoms with Crippen LogP contribution in [0.2, 0.25) is 0 Å². The number of primary amides is 1. The standard InChI is InChI=1S/C18H12F7N5O/c19-14-2-1-9(6-27-14)13(15(26)31)7-30-8-28-16(29-30)10-3-11(17(20,21)22)5-12(4-10)18(23,24)25/h1-7H,8H2,(H2,26,31)(H,28,29)/b13-7-. The smallest absolute Gasteiger partial charge is 0.366 e. The number of amides is 1. The van der Waals surface area contributed by atoms with Gasteiger partial charge in [0.05, 0.1) is 16.7 Å². The fraction of sp³-hybridized carbons (Fsp3) is 0.167.